The van der Waals surface area contributed by atoms with Gasteiger partial charge in [-0.3, -0.25) is 4.98 Å². The standard InChI is InChI=1S/C5H4BF3N.K/c7-6(8,9)5-1-3-10-4-2-5;/h1-4H;/q-1;+1. The molecule has 0 aliphatic carbocycles. The molecule has 1 aromatic rings. The molecule has 1 nitrogen and oxygen atoms in total. The van der Waals surface area contributed by atoms with Crippen LogP contribution < -0.4 is 56.8 Å². The predicted octanol–water partition coefficient (Wildman–Crippen LogP) is -1.86. The Kier molecular flexibility index (Phi) is 4.88. The van der Waals surface area contributed by atoms with Crippen molar-refractivity contribution in [3.63, 3.8) is 0 Å². The van der Waals surface area contributed by atoms with E-state index < -0.39 is 12.4 Å². The fourth-order valence-corrected chi connectivity index (χ4v) is 0.582. The van der Waals surface area contributed by atoms with Crippen LogP contribution >= 0.6 is 0 Å². The van der Waals surface area contributed by atoms with Gasteiger partial charge in [-0.05, 0) is 0 Å². The molecular formula is C5H4BF3KN. The molecule has 54 valence electrons. The molecule has 0 unspecified atom stereocenters. The van der Waals surface area contributed by atoms with Gasteiger partial charge in [0, 0.05) is 12.4 Å². The number of pyridine rings is 1. The average molecular weight is 185 g/mol. The summed E-state index contributed by atoms with van der Waals surface area (Å²) in [6.45, 7) is -4.84. The number of aromatic nitrogens is 1. The van der Waals surface area contributed by atoms with E-state index in [0.717, 1.165) is 24.5 Å². The van der Waals surface area contributed by atoms with Gasteiger partial charge < -0.3 is 12.9 Å². The van der Waals surface area contributed by atoms with Gasteiger partial charge in [-0.15, -0.1) is 5.46 Å². The Morgan fingerprint density at radius 1 is 1.09 bits per heavy atom. The third kappa shape index (κ3) is 3.71. The maximum Gasteiger partial charge on any atom is 1.00 e. The van der Waals surface area contributed by atoms with Crippen LogP contribution in [-0.2, 0) is 0 Å². The second kappa shape index (κ2) is 4.61. The van der Waals surface area contributed by atoms with Gasteiger partial charge in [0.25, 0.3) is 0 Å². The fourth-order valence-electron chi connectivity index (χ4n) is 0.582. The van der Waals surface area contributed by atoms with E-state index in [0.29, 0.717) is 0 Å². The van der Waals surface area contributed by atoms with Crippen molar-refractivity contribution in [3.8, 4) is 0 Å². The molecule has 0 saturated carbocycles. The van der Waals surface area contributed by atoms with Crippen LogP contribution in [0.15, 0.2) is 24.5 Å². The zero-order valence-electron chi connectivity index (χ0n) is 5.97. The zero-order chi connectivity index (χ0) is 7.61. The number of rotatable bonds is 1. The normalized spacial score (nSPS) is 10.5. The van der Waals surface area contributed by atoms with Crippen LogP contribution in [0.5, 0.6) is 0 Å². The first-order valence-electron chi connectivity index (χ1n) is 2.70. The van der Waals surface area contributed by atoms with Gasteiger partial charge >= 0.3 is 58.4 Å². The average Bonchev–Trinajstić information content (AvgIpc) is 1.88. The predicted molar refractivity (Wildman–Crippen MR) is 32.9 cm³/mol. The van der Waals surface area contributed by atoms with E-state index in [1.807, 2.05) is 0 Å². The molecule has 0 atom stereocenters. The van der Waals surface area contributed by atoms with Crippen LogP contribution in [-0.4, -0.2) is 12.0 Å². The largest absolute Gasteiger partial charge is 1.00 e. The van der Waals surface area contributed by atoms with Crippen molar-refractivity contribution < 1.29 is 64.3 Å². The van der Waals surface area contributed by atoms with E-state index in [9.17, 15) is 12.9 Å². The van der Waals surface area contributed by atoms with Crippen molar-refractivity contribution in [3.05, 3.63) is 24.5 Å². The summed E-state index contributed by atoms with van der Waals surface area (Å²) in [7, 11) is 0. The van der Waals surface area contributed by atoms with Crippen molar-refractivity contribution in [2.45, 2.75) is 0 Å². The molecule has 1 heterocycles. The molecule has 0 aliphatic rings. The van der Waals surface area contributed by atoms with Crippen molar-refractivity contribution in [2.24, 2.45) is 0 Å². The van der Waals surface area contributed by atoms with Crippen LogP contribution in [0.1, 0.15) is 0 Å². The summed E-state index contributed by atoms with van der Waals surface area (Å²) < 4.78 is 35.5. The van der Waals surface area contributed by atoms with E-state index >= 15 is 0 Å². The van der Waals surface area contributed by atoms with E-state index in [2.05, 4.69) is 4.98 Å². The van der Waals surface area contributed by atoms with Gasteiger partial charge in [0.05, 0.1) is 0 Å². The molecule has 0 aliphatic heterocycles. The van der Waals surface area contributed by atoms with Crippen LogP contribution in [0, 0.1) is 0 Å². The van der Waals surface area contributed by atoms with Gasteiger partial charge in [0.1, 0.15) is 0 Å². The zero-order valence-corrected chi connectivity index (χ0v) is 9.09. The van der Waals surface area contributed by atoms with Gasteiger partial charge in [-0.25, -0.2) is 0 Å². The van der Waals surface area contributed by atoms with Crippen LogP contribution in [0.2, 0.25) is 0 Å². The van der Waals surface area contributed by atoms with Crippen LogP contribution in [0.4, 0.5) is 12.9 Å². The first-order chi connectivity index (χ1) is 4.61. The molecule has 0 amide bonds. The Morgan fingerprint density at radius 2 is 1.55 bits per heavy atom. The number of hydrogen-bond acceptors (Lipinski definition) is 1. The summed E-state index contributed by atoms with van der Waals surface area (Å²) in [5, 5.41) is 0. The maximum absolute atomic E-state index is 11.8. The minimum atomic E-state index is -4.84. The molecular weight excluding hydrogens is 181 g/mol. The molecule has 0 radical (unpaired) electrons. The molecule has 11 heavy (non-hydrogen) atoms. The summed E-state index contributed by atoms with van der Waals surface area (Å²) in [5.41, 5.74) is -0.602. The smallest absolute Gasteiger partial charge is 0.445 e. The van der Waals surface area contributed by atoms with Crippen molar-refractivity contribution in [1.29, 1.82) is 0 Å². The first-order valence-corrected chi connectivity index (χ1v) is 2.70. The van der Waals surface area contributed by atoms with Crippen molar-refractivity contribution in [2.75, 3.05) is 0 Å². The molecule has 0 N–H and O–H groups in total. The van der Waals surface area contributed by atoms with Crippen LogP contribution in [0.3, 0.4) is 0 Å². The second-order valence-corrected chi connectivity index (χ2v) is 1.86. The number of nitrogens with zero attached hydrogens (tertiary/aromatic N) is 1. The molecule has 0 fully saturated rings. The number of hydrogen-bond donors (Lipinski definition) is 0. The Hall–Kier alpha value is 0.641. The monoisotopic (exact) mass is 185 g/mol. The van der Waals surface area contributed by atoms with Crippen molar-refractivity contribution >= 4 is 12.4 Å². The summed E-state index contributed by atoms with van der Waals surface area (Å²) in [5.74, 6) is 0. The Balaban J connectivity index is 0.000001000. The van der Waals surface area contributed by atoms with Crippen molar-refractivity contribution in [1.82, 2.24) is 4.98 Å². The topological polar surface area (TPSA) is 12.9 Å². The summed E-state index contributed by atoms with van der Waals surface area (Å²) in [6.07, 6.45) is 2.26. The third-order valence-corrected chi connectivity index (χ3v) is 1.08. The van der Waals surface area contributed by atoms with Gasteiger partial charge in [-0.1, -0.05) is 12.1 Å². The molecule has 6 heteroatoms. The van der Waals surface area contributed by atoms with Gasteiger partial charge in [0.2, 0.25) is 0 Å². The van der Waals surface area contributed by atoms with E-state index in [1.54, 1.807) is 0 Å². The Bertz CT molecular complexity index is 213. The third-order valence-electron chi connectivity index (χ3n) is 1.08. The molecule has 0 bridgehead atoms. The molecule has 0 aromatic carbocycles. The minimum absolute atomic E-state index is 0. The Morgan fingerprint density at radius 3 is 1.82 bits per heavy atom. The summed E-state index contributed by atoms with van der Waals surface area (Å²) in [6, 6.07) is 1.92. The summed E-state index contributed by atoms with van der Waals surface area (Å²) in [4.78, 5) is 3.47. The molecule has 0 spiro atoms. The Labute approximate surface area is 105 Å². The minimum Gasteiger partial charge on any atom is -0.445 e. The van der Waals surface area contributed by atoms with E-state index in [4.69, 9.17) is 0 Å². The SMILES string of the molecule is F[B-](F)(F)c1ccncc1.[K+]. The van der Waals surface area contributed by atoms with E-state index in [-0.39, 0.29) is 51.4 Å². The molecule has 0 saturated heterocycles. The number of halogens is 3. The maximum atomic E-state index is 11.8. The van der Waals surface area contributed by atoms with Crippen LogP contribution in [0.25, 0.3) is 0 Å². The van der Waals surface area contributed by atoms with Gasteiger partial charge in [0.15, 0.2) is 0 Å². The van der Waals surface area contributed by atoms with Gasteiger partial charge in [-0.2, -0.15) is 0 Å². The summed E-state index contributed by atoms with van der Waals surface area (Å²) >= 11 is 0. The molecule has 1 rings (SSSR count). The first kappa shape index (κ1) is 11.6. The van der Waals surface area contributed by atoms with E-state index in [1.165, 1.54) is 0 Å². The quantitative estimate of drug-likeness (QED) is 0.467. The molecule has 1 aromatic heterocycles. The second-order valence-electron chi connectivity index (χ2n) is 1.86. The fraction of sp³-hybridized carbons (Fsp3) is 0.